The molecule has 1 rings (SSSR count). The first-order valence-electron chi connectivity index (χ1n) is 6.01. The van der Waals surface area contributed by atoms with Crippen LogP contribution in [0.25, 0.3) is 0 Å². The lowest BCUT2D eigenvalue weighted by molar-refractivity contribution is -0.130. The molecule has 0 saturated carbocycles. The van der Waals surface area contributed by atoms with E-state index in [1.807, 2.05) is 0 Å². The van der Waals surface area contributed by atoms with E-state index in [1.54, 1.807) is 14.1 Å². The molecule has 0 atom stereocenters. The molecular formula is C13H15Cl2N3O3. The molecule has 2 N–H and O–H groups in total. The lowest BCUT2D eigenvalue weighted by atomic mass is 10.2. The summed E-state index contributed by atoms with van der Waals surface area (Å²) in [6, 6.07) is 4.43. The molecule has 0 aromatic heterocycles. The first-order chi connectivity index (χ1) is 9.81. The van der Waals surface area contributed by atoms with Crippen molar-refractivity contribution in [2.24, 2.45) is 0 Å². The third kappa shape index (κ3) is 5.61. The fraction of sp³-hybridized carbons (Fsp3) is 0.308. The molecule has 1 aromatic rings. The van der Waals surface area contributed by atoms with Crippen molar-refractivity contribution < 1.29 is 14.4 Å². The van der Waals surface area contributed by atoms with Gasteiger partial charge in [-0.1, -0.05) is 23.2 Å². The van der Waals surface area contributed by atoms with E-state index in [2.05, 4.69) is 10.6 Å². The number of nitrogens with one attached hydrogen (secondary N) is 2. The van der Waals surface area contributed by atoms with Crippen molar-refractivity contribution in [1.82, 2.24) is 15.5 Å². The summed E-state index contributed by atoms with van der Waals surface area (Å²) >= 11 is 11.6. The van der Waals surface area contributed by atoms with Crippen molar-refractivity contribution >= 4 is 40.9 Å². The standard InChI is InChI=1S/C13H15Cl2N3O3/c1-18(2)12(20)7-16-11(19)6-17-13(21)9-4-3-8(14)5-10(9)15/h3-5H,6-7H2,1-2H3,(H,16,19)(H,17,21). The highest BCUT2D eigenvalue weighted by Gasteiger charge is 2.12. The van der Waals surface area contributed by atoms with Crippen molar-refractivity contribution in [3.05, 3.63) is 33.8 Å². The van der Waals surface area contributed by atoms with Gasteiger partial charge in [0.2, 0.25) is 11.8 Å². The average Bonchev–Trinajstić information content (AvgIpc) is 2.41. The molecule has 8 heteroatoms. The molecule has 0 bridgehead atoms. The van der Waals surface area contributed by atoms with E-state index in [0.29, 0.717) is 5.02 Å². The van der Waals surface area contributed by atoms with Gasteiger partial charge >= 0.3 is 0 Å². The molecule has 0 radical (unpaired) electrons. The van der Waals surface area contributed by atoms with Gasteiger partial charge in [-0.05, 0) is 18.2 Å². The molecule has 3 amide bonds. The van der Waals surface area contributed by atoms with E-state index in [9.17, 15) is 14.4 Å². The number of carbonyl (C=O) groups is 3. The van der Waals surface area contributed by atoms with E-state index >= 15 is 0 Å². The minimum Gasteiger partial charge on any atom is -0.347 e. The highest BCUT2D eigenvalue weighted by atomic mass is 35.5. The van der Waals surface area contributed by atoms with Crippen LogP contribution in [0.5, 0.6) is 0 Å². The first-order valence-corrected chi connectivity index (χ1v) is 6.77. The second kappa shape index (κ2) is 7.85. The number of rotatable bonds is 5. The molecule has 6 nitrogen and oxygen atoms in total. The van der Waals surface area contributed by atoms with Crippen LogP contribution in [0.15, 0.2) is 18.2 Å². The lowest BCUT2D eigenvalue weighted by Gasteiger charge is -2.11. The van der Waals surface area contributed by atoms with Crippen LogP contribution in [0.3, 0.4) is 0 Å². The Bertz CT molecular complexity index is 562. The number of likely N-dealkylation sites (N-methyl/N-ethyl adjacent to an activating group) is 1. The van der Waals surface area contributed by atoms with Gasteiger partial charge in [0.25, 0.3) is 5.91 Å². The van der Waals surface area contributed by atoms with E-state index in [0.717, 1.165) is 0 Å². The third-order valence-corrected chi connectivity index (χ3v) is 3.07. The van der Waals surface area contributed by atoms with Gasteiger partial charge in [-0.25, -0.2) is 0 Å². The molecule has 1 aromatic carbocycles. The Morgan fingerprint density at radius 3 is 2.33 bits per heavy atom. The van der Waals surface area contributed by atoms with Gasteiger partial charge in [0.15, 0.2) is 0 Å². The van der Waals surface area contributed by atoms with E-state index < -0.39 is 11.8 Å². The highest BCUT2D eigenvalue weighted by Crippen LogP contribution is 2.20. The fourth-order valence-electron chi connectivity index (χ4n) is 1.32. The molecule has 21 heavy (non-hydrogen) atoms. The summed E-state index contributed by atoms with van der Waals surface area (Å²) in [4.78, 5) is 36.0. The number of benzene rings is 1. The van der Waals surface area contributed by atoms with E-state index in [-0.39, 0.29) is 29.6 Å². The normalized spacial score (nSPS) is 9.90. The van der Waals surface area contributed by atoms with E-state index in [1.165, 1.54) is 23.1 Å². The van der Waals surface area contributed by atoms with Gasteiger partial charge in [0, 0.05) is 19.1 Å². The van der Waals surface area contributed by atoms with Crippen LogP contribution in [-0.2, 0) is 9.59 Å². The Morgan fingerprint density at radius 1 is 1.10 bits per heavy atom. The van der Waals surface area contributed by atoms with Crippen LogP contribution < -0.4 is 10.6 Å². The van der Waals surface area contributed by atoms with Crippen molar-refractivity contribution in [2.75, 3.05) is 27.2 Å². The number of amides is 3. The van der Waals surface area contributed by atoms with Gasteiger partial charge in [-0.2, -0.15) is 0 Å². The summed E-state index contributed by atoms with van der Waals surface area (Å²) in [5, 5.41) is 5.41. The molecule has 0 unspecified atom stereocenters. The predicted molar refractivity (Wildman–Crippen MR) is 80.5 cm³/mol. The van der Waals surface area contributed by atoms with Gasteiger partial charge in [0.1, 0.15) is 0 Å². The Labute approximate surface area is 132 Å². The zero-order valence-electron chi connectivity index (χ0n) is 11.6. The molecule has 0 saturated heterocycles. The summed E-state index contributed by atoms with van der Waals surface area (Å²) < 4.78 is 0. The van der Waals surface area contributed by atoms with Crippen molar-refractivity contribution in [3.63, 3.8) is 0 Å². The Hall–Kier alpha value is -1.79. The molecule has 114 valence electrons. The number of hydrogen-bond donors (Lipinski definition) is 2. The van der Waals surface area contributed by atoms with Crippen LogP contribution in [0.2, 0.25) is 10.0 Å². The average molecular weight is 332 g/mol. The molecular weight excluding hydrogens is 317 g/mol. The van der Waals surface area contributed by atoms with Crippen LogP contribution in [0, 0.1) is 0 Å². The molecule has 0 spiro atoms. The summed E-state index contributed by atoms with van der Waals surface area (Å²) in [5.41, 5.74) is 0.221. The van der Waals surface area contributed by atoms with Crippen LogP contribution in [0.4, 0.5) is 0 Å². The molecule has 0 aliphatic carbocycles. The SMILES string of the molecule is CN(C)C(=O)CNC(=O)CNC(=O)c1ccc(Cl)cc1Cl. The third-order valence-electron chi connectivity index (χ3n) is 2.52. The molecule has 0 fully saturated rings. The second-order valence-corrected chi connectivity index (χ2v) is 5.22. The van der Waals surface area contributed by atoms with Gasteiger partial charge in [-0.15, -0.1) is 0 Å². The molecule has 0 aliphatic heterocycles. The summed E-state index contributed by atoms with van der Waals surface area (Å²) in [6.45, 7) is -0.373. The minimum absolute atomic E-state index is 0.122. The van der Waals surface area contributed by atoms with Gasteiger partial charge < -0.3 is 15.5 Å². The topological polar surface area (TPSA) is 78.5 Å². The maximum absolute atomic E-state index is 11.8. The zero-order valence-corrected chi connectivity index (χ0v) is 13.1. The minimum atomic E-state index is -0.495. The van der Waals surface area contributed by atoms with Gasteiger partial charge in [-0.3, -0.25) is 14.4 Å². The van der Waals surface area contributed by atoms with Gasteiger partial charge in [0.05, 0.1) is 23.7 Å². The number of hydrogen-bond acceptors (Lipinski definition) is 3. The Balaban J connectivity index is 2.46. The fourth-order valence-corrected chi connectivity index (χ4v) is 1.82. The zero-order chi connectivity index (χ0) is 16.0. The quantitative estimate of drug-likeness (QED) is 0.842. The largest absolute Gasteiger partial charge is 0.347 e. The smallest absolute Gasteiger partial charge is 0.253 e. The molecule has 0 heterocycles. The van der Waals surface area contributed by atoms with Crippen molar-refractivity contribution in [3.8, 4) is 0 Å². The summed E-state index contributed by atoms with van der Waals surface area (Å²) in [7, 11) is 3.16. The predicted octanol–water partition coefficient (Wildman–Crippen LogP) is 0.928. The highest BCUT2D eigenvalue weighted by molar-refractivity contribution is 6.36. The van der Waals surface area contributed by atoms with Crippen molar-refractivity contribution in [2.45, 2.75) is 0 Å². The van der Waals surface area contributed by atoms with Crippen LogP contribution in [0.1, 0.15) is 10.4 Å². The molecule has 0 aliphatic rings. The maximum Gasteiger partial charge on any atom is 0.253 e. The summed E-state index contributed by atoms with van der Waals surface area (Å²) in [5.74, 6) is -1.20. The Kier molecular flexibility index (Phi) is 6.45. The first kappa shape index (κ1) is 17.3. The van der Waals surface area contributed by atoms with Crippen molar-refractivity contribution in [1.29, 1.82) is 0 Å². The number of carbonyl (C=O) groups excluding carboxylic acids is 3. The summed E-state index contributed by atoms with van der Waals surface area (Å²) in [6.07, 6.45) is 0. The van der Waals surface area contributed by atoms with Crippen LogP contribution in [-0.4, -0.2) is 49.8 Å². The maximum atomic E-state index is 11.8. The Morgan fingerprint density at radius 2 is 1.76 bits per heavy atom. The number of halogens is 2. The van der Waals surface area contributed by atoms with Crippen LogP contribution >= 0.6 is 23.2 Å². The number of nitrogens with zero attached hydrogens (tertiary/aromatic N) is 1. The monoisotopic (exact) mass is 331 g/mol. The van der Waals surface area contributed by atoms with E-state index in [4.69, 9.17) is 23.2 Å². The lowest BCUT2D eigenvalue weighted by Crippen LogP contribution is -2.41. The second-order valence-electron chi connectivity index (χ2n) is 4.37.